The van der Waals surface area contributed by atoms with Gasteiger partial charge in [0, 0.05) is 23.6 Å². The van der Waals surface area contributed by atoms with Crippen molar-refractivity contribution in [2.24, 2.45) is 0 Å². The number of thioether (sulfide) groups is 1. The average molecular weight is 487 g/mol. The highest BCUT2D eigenvalue weighted by molar-refractivity contribution is 7.99. The summed E-state index contributed by atoms with van der Waals surface area (Å²) in [6, 6.07) is 3.98. The second-order valence-corrected chi connectivity index (χ2v) is 9.49. The molecule has 0 unspecified atom stereocenters. The third-order valence-electron chi connectivity index (χ3n) is 5.35. The van der Waals surface area contributed by atoms with E-state index in [0.717, 1.165) is 43.0 Å². The van der Waals surface area contributed by atoms with E-state index in [9.17, 15) is 19.7 Å². The van der Waals surface area contributed by atoms with Crippen LogP contribution in [-0.4, -0.2) is 33.2 Å². The van der Waals surface area contributed by atoms with E-state index < -0.39 is 10.8 Å². The molecule has 0 saturated carbocycles. The number of allylic oxidation sites excluding steroid dienone is 1. The molecule has 9 nitrogen and oxygen atoms in total. The Hall–Kier alpha value is -3.18. The molecular weight excluding hydrogens is 464 g/mol. The van der Waals surface area contributed by atoms with E-state index in [0.29, 0.717) is 21.1 Å². The molecule has 0 fully saturated rings. The molecule has 0 radical (unpaired) electrons. The fourth-order valence-electron chi connectivity index (χ4n) is 3.84. The van der Waals surface area contributed by atoms with Crippen LogP contribution in [0, 0.1) is 10.1 Å². The minimum absolute atomic E-state index is 0.0357. The number of rotatable bonds is 8. The normalized spacial score (nSPS) is 12.9. The largest absolute Gasteiger partial charge is 0.495 e. The summed E-state index contributed by atoms with van der Waals surface area (Å²) in [5.41, 5.74) is 1.05. The van der Waals surface area contributed by atoms with Crippen LogP contribution in [0.1, 0.15) is 23.3 Å². The molecule has 33 heavy (non-hydrogen) atoms. The molecule has 0 aliphatic heterocycles. The highest BCUT2D eigenvalue weighted by Gasteiger charge is 2.22. The van der Waals surface area contributed by atoms with Gasteiger partial charge in [0.15, 0.2) is 5.16 Å². The third-order valence-corrected chi connectivity index (χ3v) is 7.51. The number of ether oxygens (including phenoxy) is 1. The van der Waals surface area contributed by atoms with E-state index in [4.69, 9.17) is 9.72 Å². The lowest BCUT2D eigenvalue weighted by molar-refractivity contribution is -0.384. The van der Waals surface area contributed by atoms with E-state index in [1.165, 1.54) is 30.2 Å². The standard InChI is InChI=1S/C22H22N4O5S2/c1-3-10-25-21(28)19-14-6-4-5-7-17(14)33-20(19)24-22(25)32-12-18(27)23-15-11-13(26(29)30)8-9-16(15)31-2/h3,8-9,11H,1,4-7,10,12H2,2H3,(H,23,27). The van der Waals surface area contributed by atoms with Gasteiger partial charge in [-0.05, 0) is 37.3 Å². The van der Waals surface area contributed by atoms with Gasteiger partial charge >= 0.3 is 0 Å². The number of carbonyl (C=O) groups excluding carboxylic acids is 1. The molecule has 0 spiro atoms. The monoisotopic (exact) mass is 486 g/mol. The Morgan fingerprint density at radius 3 is 2.94 bits per heavy atom. The van der Waals surface area contributed by atoms with Crippen molar-refractivity contribution >= 4 is 50.6 Å². The molecule has 11 heteroatoms. The molecule has 2 heterocycles. The number of aromatic nitrogens is 2. The van der Waals surface area contributed by atoms with Crippen LogP contribution in [-0.2, 0) is 24.2 Å². The number of amides is 1. The second-order valence-electron chi connectivity index (χ2n) is 7.47. The van der Waals surface area contributed by atoms with Gasteiger partial charge in [-0.3, -0.25) is 24.3 Å². The maximum Gasteiger partial charge on any atom is 0.271 e. The minimum Gasteiger partial charge on any atom is -0.495 e. The van der Waals surface area contributed by atoms with Crippen LogP contribution in [0.25, 0.3) is 10.2 Å². The summed E-state index contributed by atoms with van der Waals surface area (Å²) in [6.45, 7) is 4.03. The lowest BCUT2D eigenvalue weighted by Gasteiger charge is -2.13. The minimum atomic E-state index is -0.544. The smallest absolute Gasteiger partial charge is 0.271 e. The Balaban J connectivity index is 1.59. The number of thiophene rings is 1. The number of nitrogens with zero attached hydrogens (tertiary/aromatic N) is 3. The Kier molecular flexibility index (Phi) is 6.80. The number of nitro groups is 1. The number of nitro benzene ring substituents is 1. The van der Waals surface area contributed by atoms with E-state index in [-0.39, 0.29) is 29.2 Å². The van der Waals surface area contributed by atoms with Crippen LogP contribution in [0.5, 0.6) is 5.75 Å². The summed E-state index contributed by atoms with van der Waals surface area (Å²) < 4.78 is 6.73. The second kappa shape index (κ2) is 9.75. The summed E-state index contributed by atoms with van der Waals surface area (Å²) in [5.74, 6) is -0.124. The zero-order valence-electron chi connectivity index (χ0n) is 18.0. The van der Waals surface area contributed by atoms with Crippen LogP contribution in [0.2, 0.25) is 0 Å². The summed E-state index contributed by atoms with van der Waals surface area (Å²) in [7, 11) is 1.42. The maximum absolute atomic E-state index is 13.3. The maximum atomic E-state index is 13.3. The fourth-order valence-corrected chi connectivity index (χ4v) is 5.95. The van der Waals surface area contributed by atoms with Crippen molar-refractivity contribution in [3.63, 3.8) is 0 Å². The summed E-state index contributed by atoms with van der Waals surface area (Å²) in [6.07, 6.45) is 5.67. The first-order chi connectivity index (χ1) is 15.9. The molecular formula is C22H22N4O5S2. The molecule has 1 aliphatic carbocycles. The van der Waals surface area contributed by atoms with Crippen LogP contribution in [0.3, 0.4) is 0 Å². The Morgan fingerprint density at radius 1 is 1.42 bits per heavy atom. The Morgan fingerprint density at radius 2 is 2.21 bits per heavy atom. The van der Waals surface area contributed by atoms with Gasteiger partial charge in [0.25, 0.3) is 11.2 Å². The van der Waals surface area contributed by atoms with Gasteiger partial charge in [0.05, 0.1) is 28.9 Å². The zero-order valence-corrected chi connectivity index (χ0v) is 19.6. The average Bonchev–Trinajstić information content (AvgIpc) is 3.18. The SMILES string of the molecule is C=CCn1c(SCC(=O)Nc2cc([N+](=O)[O-])ccc2OC)nc2sc3c(c2c1=O)CCCC3. The molecule has 1 N–H and O–H groups in total. The van der Waals surface area contributed by atoms with Crippen LogP contribution >= 0.6 is 23.1 Å². The molecule has 3 aromatic rings. The quantitative estimate of drug-likeness (QED) is 0.167. The van der Waals surface area contributed by atoms with Gasteiger partial charge in [-0.2, -0.15) is 0 Å². The summed E-state index contributed by atoms with van der Waals surface area (Å²) in [5, 5.41) is 14.8. The van der Waals surface area contributed by atoms with Gasteiger partial charge in [0.2, 0.25) is 5.91 Å². The predicted molar refractivity (Wildman–Crippen MR) is 130 cm³/mol. The van der Waals surface area contributed by atoms with Crippen molar-refractivity contribution in [2.75, 3.05) is 18.2 Å². The molecule has 1 aromatic carbocycles. The van der Waals surface area contributed by atoms with Crippen LogP contribution in [0.4, 0.5) is 11.4 Å². The first kappa shape index (κ1) is 23.0. The van der Waals surface area contributed by atoms with Gasteiger partial charge in [-0.15, -0.1) is 17.9 Å². The van der Waals surface area contributed by atoms with Crippen molar-refractivity contribution in [3.05, 3.63) is 61.8 Å². The fraction of sp³-hybridized carbons (Fsp3) is 0.318. The first-order valence-electron chi connectivity index (χ1n) is 10.3. The summed E-state index contributed by atoms with van der Waals surface area (Å²) >= 11 is 2.69. The number of nitrogens with one attached hydrogen (secondary N) is 1. The Bertz CT molecular complexity index is 1310. The third kappa shape index (κ3) is 4.64. The molecule has 1 amide bonds. The van der Waals surface area contributed by atoms with E-state index in [1.54, 1.807) is 22.0 Å². The molecule has 0 saturated heterocycles. The number of carbonyl (C=O) groups is 1. The van der Waals surface area contributed by atoms with Gasteiger partial charge in [-0.1, -0.05) is 17.8 Å². The van der Waals surface area contributed by atoms with Gasteiger partial charge < -0.3 is 10.1 Å². The number of fused-ring (bicyclic) bond motifs is 3. The van der Waals surface area contributed by atoms with E-state index in [2.05, 4.69) is 11.9 Å². The number of non-ortho nitro benzene ring substituents is 1. The van der Waals surface area contributed by atoms with E-state index in [1.807, 2.05) is 0 Å². The van der Waals surface area contributed by atoms with Gasteiger partial charge in [0.1, 0.15) is 10.6 Å². The van der Waals surface area contributed by atoms with Crippen molar-refractivity contribution in [2.45, 2.75) is 37.4 Å². The van der Waals surface area contributed by atoms with Crippen molar-refractivity contribution in [3.8, 4) is 5.75 Å². The number of hydrogen-bond acceptors (Lipinski definition) is 8. The number of aryl methyl sites for hydroxylation is 2. The Labute approximate surface area is 197 Å². The topological polar surface area (TPSA) is 116 Å². The lowest BCUT2D eigenvalue weighted by Crippen LogP contribution is -2.24. The number of anilines is 1. The number of methoxy groups -OCH3 is 1. The van der Waals surface area contributed by atoms with Crippen LogP contribution in [0.15, 0.2) is 40.8 Å². The molecule has 0 atom stereocenters. The molecule has 0 bridgehead atoms. The van der Waals surface area contributed by atoms with Crippen molar-refractivity contribution < 1.29 is 14.5 Å². The zero-order chi connectivity index (χ0) is 23.5. The van der Waals surface area contributed by atoms with Crippen molar-refractivity contribution in [1.82, 2.24) is 9.55 Å². The predicted octanol–water partition coefficient (Wildman–Crippen LogP) is 4.17. The highest BCUT2D eigenvalue weighted by atomic mass is 32.2. The molecule has 4 rings (SSSR count). The molecule has 2 aromatic heterocycles. The van der Waals surface area contributed by atoms with Gasteiger partial charge in [-0.25, -0.2) is 4.98 Å². The van der Waals surface area contributed by atoms with Crippen LogP contribution < -0.4 is 15.6 Å². The van der Waals surface area contributed by atoms with Crippen molar-refractivity contribution in [1.29, 1.82) is 0 Å². The molecule has 172 valence electrons. The van der Waals surface area contributed by atoms with E-state index >= 15 is 0 Å². The number of benzene rings is 1. The number of hydrogen-bond donors (Lipinski definition) is 1. The lowest BCUT2D eigenvalue weighted by atomic mass is 9.97. The molecule has 1 aliphatic rings. The summed E-state index contributed by atoms with van der Waals surface area (Å²) in [4.78, 5) is 43.1. The first-order valence-corrected chi connectivity index (χ1v) is 12.1. The highest BCUT2D eigenvalue weighted by Crippen LogP contribution is 2.35.